The number of rotatable bonds is 9. The second kappa shape index (κ2) is 15.1. The van der Waals surface area contributed by atoms with E-state index in [1.807, 2.05) is 30.3 Å². The predicted octanol–water partition coefficient (Wildman–Crippen LogP) is 6.10. The monoisotopic (exact) mass is 728 g/mol. The molecule has 53 heavy (non-hydrogen) atoms. The molecule has 2 fully saturated rings. The van der Waals surface area contributed by atoms with E-state index < -0.39 is 82.7 Å². The van der Waals surface area contributed by atoms with Gasteiger partial charge in [-0.25, -0.2) is 9.59 Å². The molecule has 0 aromatic heterocycles. The highest BCUT2D eigenvalue weighted by atomic mass is 16.6. The van der Waals surface area contributed by atoms with Crippen LogP contribution in [0.15, 0.2) is 90.0 Å². The normalized spacial score (nSPS) is 29.7. The SMILES string of the molecule is C=C1[C@H]2C[C@]3(C(C)(C)O)C[C@@H](OC(C)=O)C(C)=C3[C@@H](OC(=O)c3ccccc3)[C@H](OC(C)=O)[C@@]2(C)[C@@H](OC(C)=O)C[C@H]1OC(=O)C=Cc1ccccc1. The summed E-state index contributed by atoms with van der Waals surface area (Å²) < 4.78 is 30.4. The third-order valence-electron chi connectivity index (χ3n) is 11.2. The van der Waals surface area contributed by atoms with Crippen LogP contribution in [-0.4, -0.2) is 71.1 Å². The first-order chi connectivity index (χ1) is 24.9. The summed E-state index contributed by atoms with van der Waals surface area (Å²) in [6.45, 7) is 15.0. The van der Waals surface area contributed by atoms with Crippen molar-refractivity contribution in [3.63, 3.8) is 0 Å². The molecule has 8 atom stereocenters. The van der Waals surface area contributed by atoms with Crippen molar-refractivity contribution in [2.45, 2.75) is 104 Å². The van der Waals surface area contributed by atoms with Gasteiger partial charge < -0.3 is 28.8 Å². The lowest BCUT2D eigenvalue weighted by Crippen LogP contribution is -2.60. The minimum Gasteiger partial charge on any atom is -0.462 e. The van der Waals surface area contributed by atoms with Crippen molar-refractivity contribution in [2.75, 3.05) is 0 Å². The molecule has 11 nitrogen and oxygen atoms in total. The van der Waals surface area contributed by atoms with Gasteiger partial charge in [0.05, 0.1) is 16.6 Å². The van der Waals surface area contributed by atoms with Crippen molar-refractivity contribution < 1.29 is 52.8 Å². The van der Waals surface area contributed by atoms with E-state index in [-0.39, 0.29) is 24.8 Å². The number of benzene rings is 2. The van der Waals surface area contributed by atoms with Crippen LogP contribution in [0.2, 0.25) is 0 Å². The summed E-state index contributed by atoms with van der Waals surface area (Å²) >= 11 is 0. The average Bonchev–Trinajstić information content (AvgIpc) is 3.32. The molecule has 11 heteroatoms. The Hall–Kier alpha value is -5.03. The molecule has 3 aliphatic carbocycles. The highest BCUT2D eigenvalue weighted by Gasteiger charge is 2.69. The molecule has 282 valence electrons. The van der Waals surface area contributed by atoms with Crippen LogP contribution in [0.3, 0.4) is 0 Å². The lowest BCUT2D eigenvalue weighted by atomic mass is 9.56. The van der Waals surface area contributed by atoms with Crippen molar-refractivity contribution in [2.24, 2.45) is 16.7 Å². The lowest BCUT2D eigenvalue weighted by molar-refractivity contribution is -0.197. The fraction of sp³-hybridized carbons (Fsp3) is 0.452. The Bertz CT molecular complexity index is 1820. The van der Waals surface area contributed by atoms with Crippen molar-refractivity contribution in [1.29, 1.82) is 0 Å². The largest absolute Gasteiger partial charge is 0.462 e. The zero-order chi connectivity index (χ0) is 38.9. The number of fused-ring (bicyclic) bond motifs is 2. The van der Waals surface area contributed by atoms with E-state index in [0.717, 1.165) is 5.56 Å². The lowest BCUT2D eigenvalue weighted by Gasteiger charge is -2.53. The first-order valence-corrected chi connectivity index (χ1v) is 17.7. The molecule has 0 spiro atoms. The Kier molecular flexibility index (Phi) is 11.2. The summed E-state index contributed by atoms with van der Waals surface area (Å²) in [6.07, 6.45) is -2.48. The van der Waals surface area contributed by atoms with E-state index in [4.69, 9.17) is 23.7 Å². The van der Waals surface area contributed by atoms with Crippen LogP contribution in [0, 0.1) is 16.7 Å². The average molecular weight is 729 g/mol. The van der Waals surface area contributed by atoms with Gasteiger partial charge in [0.1, 0.15) is 18.3 Å². The third kappa shape index (κ3) is 7.71. The highest BCUT2D eigenvalue weighted by Crippen LogP contribution is 2.65. The maximum Gasteiger partial charge on any atom is 0.338 e. The van der Waals surface area contributed by atoms with Crippen LogP contribution in [0.5, 0.6) is 0 Å². The molecule has 0 bridgehead atoms. The maximum absolute atomic E-state index is 14.0. The third-order valence-corrected chi connectivity index (χ3v) is 11.2. The van der Waals surface area contributed by atoms with Crippen LogP contribution < -0.4 is 0 Å². The quantitative estimate of drug-likeness (QED) is 0.138. The Morgan fingerprint density at radius 2 is 1.40 bits per heavy atom. The summed E-state index contributed by atoms with van der Waals surface area (Å²) in [5.74, 6) is -4.06. The van der Waals surface area contributed by atoms with Crippen LogP contribution >= 0.6 is 0 Å². The zero-order valence-corrected chi connectivity index (χ0v) is 31.3. The molecule has 2 aromatic rings. The number of ether oxygens (including phenoxy) is 5. The summed E-state index contributed by atoms with van der Waals surface area (Å²) in [6, 6.07) is 17.5. The first-order valence-electron chi connectivity index (χ1n) is 17.7. The number of carbonyl (C=O) groups excluding carboxylic acids is 5. The second-order valence-electron chi connectivity index (χ2n) is 15.0. The number of carbonyl (C=O) groups is 5. The molecule has 5 rings (SSSR count). The molecule has 0 amide bonds. The van der Waals surface area contributed by atoms with Gasteiger partial charge in [0.15, 0.2) is 12.2 Å². The fourth-order valence-corrected chi connectivity index (χ4v) is 8.64. The Morgan fingerprint density at radius 3 is 1.96 bits per heavy atom. The molecular weight excluding hydrogens is 680 g/mol. The smallest absolute Gasteiger partial charge is 0.338 e. The number of esters is 5. The van der Waals surface area contributed by atoms with Gasteiger partial charge in [-0.2, -0.15) is 0 Å². The summed E-state index contributed by atoms with van der Waals surface area (Å²) in [5, 5.41) is 12.3. The van der Waals surface area contributed by atoms with Crippen molar-refractivity contribution in [3.05, 3.63) is 101 Å². The van der Waals surface area contributed by atoms with Crippen LogP contribution in [0.1, 0.15) is 83.7 Å². The maximum atomic E-state index is 14.0. The molecule has 0 radical (unpaired) electrons. The van der Waals surface area contributed by atoms with E-state index in [9.17, 15) is 29.1 Å². The number of aliphatic hydroxyl groups is 1. The van der Waals surface area contributed by atoms with Crippen LogP contribution in [0.4, 0.5) is 0 Å². The van der Waals surface area contributed by atoms with Gasteiger partial charge in [0.25, 0.3) is 0 Å². The van der Waals surface area contributed by atoms with Gasteiger partial charge in [-0.15, -0.1) is 0 Å². The standard InChI is InChI=1S/C42H48O11/c1-24-31-22-42(40(6,7)48)23-33(49-26(3)43)25(2)36(42)37(53-39(47)30-17-13-10-14-18-30)38(51-28(5)45)41(31,8)34(50-27(4)44)21-32(24)52-35(46)20-19-29-15-11-9-12-16-29/h9-20,31-34,37-38,48H,1,21-23H2,2-8H3/t31-,32-,33-,34+,37-,38+,41-,42+/m1/s1. The van der Waals surface area contributed by atoms with E-state index in [1.54, 1.807) is 64.1 Å². The van der Waals surface area contributed by atoms with Crippen molar-refractivity contribution in [1.82, 2.24) is 0 Å². The van der Waals surface area contributed by atoms with E-state index >= 15 is 0 Å². The second-order valence-corrected chi connectivity index (χ2v) is 15.0. The molecule has 1 N–H and O–H groups in total. The molecule has 3 aliphatic rings. The Balaban J connectivity index is 1.72. The topological polar surface area (TPSA) is 152 Å². The van der Waals surface area contributed by atoms with Gasteiger partial charge in [-0.3, -0.25) is 14.4 Å². The van der Waals surface area contributed by atoms with Gasteiger partial charge in [0.2, 0.25) is 0 Å². The zero-order valence-electron chi connectivity index (χ0n) is 31.3. The van der Waals surface area contributed by atoms with Crippen molar-refractivity contribution >= 4 is 35.9 Å². The molecule has 2 saturated carbocycles. The van der Waals surface area contributed by atoms with Crippen LogP contribution in [0.25, 0.3) is 6.08 Å². The number of hydrogen-bond acceptors (Lipinski definition) is 11. The summed E-state index contributed by atoms with van der Waals surface area (Å²) in [7, 11) is 0. The van der Waals surface area contributed by atoms with Gasteiger partial charge in [-0.05, 0) is 73.6 Å². The molecule has 0 saturated heterocycles. The molecule has 0 heterocycles. The van der Waals surface area contributed by atoms with E-state index in [2.05, 4.69) is 6.58 Å². The van der Waals surface area contributed by atoms with Gasteiger partial charge in [-0.1, -0.05) is 62.0 Å². The van der Waals surface area contributed by atoms with E-state index in [0.29, 0.717) is 16.7 Å². The Morgan fingerprint density at radius 1 is 0.811 bits per heavy atom. The minimum atomic E-state index is -1.57. The number of hydrogen-bond donors (Lipinski definition) is 1. The predicted molar refractivity (Wildman–Crippen MR) is 194 cm³/mol. The molecular formula is C42H48O11. The molecule has 0 unspecified atom stereocenters. The van der Waals surface area contributed by atoms with E-state index in [1.165, 1.54) is 26.8 Å². The van der Waals surface area contributed by atoms with Gasteiger partial charge in [0, 0.05) is 45.1 Å². The fourth-order valence-electron chi connectivity index (χ4n) is 8.64. The molecule has 2 aromatic carbocycles. The minimum absolute atomic E-state index is 0.0446. The highest BCUT2D eigenvalue weighted by molar-refractivity contribution is 5.90. The summed E-state index contributed by atoms with van der Waals surface area (Å²) in [4.78, 5) is 65.6. The van der Waals surface area contributed by atoms with Crippen molar-refractivity contribution in [3.8, 4) is 0 Å². The Labute approximate surface area is 310 Å². The van der Waals surface area contributed by atoms with Gasteiger partial charge >= 0.3 is 29.8 Å². The summed E-state index contributed by atoms with van der Waals surface area (Å²) in [5.41, 5.74) is -1.82. The molecule has 0 aliphatic heterocycles. The van der Waals surface area contributed by atoms with Crippen LogP contribution in [-0.2, 0) is 42.9 Å². The first kappa shape index (κ1) is 39.2.